The summed E-state index contributed by atoms with van der Waals surface area (Å²) >= 11 is 0. The number of halogens is 1. The molecule has 0 bridgehead atoms. The van der Waals surface area contributed by atoms with Crippen LogP contribution in [0.3, 0.4) is 0 Å². The van der Waals surface area contributed by atoms with Gasteiger partial charge in [-0.3, -0.25) is 4.99 Å². The number of guanidine groups is 1. The second kappa shape index (κ2) is 13.4. The van der Waals surface area contributed by atoms with Crippen molar-refractivity contribution >= 4 is 39.8 Å². The van der Waals surface area contributed by atoms with Gasteiger partial charge in [0.2, 0.25) is 0 Å². The van der Waals surface area contributed by atoms with E-state index >= 15 is 0 Å². The van der Waals surface area contributed by atoms with E-state index in [9.17, 15) is 8.42 Å². The van der Waals surface area contributed by atoms with Crippen molar-refractivity contribution in [2.45, 2.75) is 57.4 Å². The standard InChI is InChI=1S/C18H31N3O2S.HI/c1-4-6-8-11-16(3)21-18(19-5-2)20-14-15-24(22,23)17-12-9-7-10-13-17;/h7,9-10,12-13,16H,4-6,8,11,14-15H2,1-3H3,(H2,19,20,21);1H. The highest BCUT2D eigenvalue weighted by atomic mass is 127. The number of unbranched alkanes of at least 4 members (excludes halogenated alkanes) is 2. The minimum Gasteiger partial charge on any atom is -0.357 e. The summed E-state index contributed by atoms with van der Waals surface area (Å²) in [5.41, 5.74) is 0. The molecule has 1 rings (SSSR count). The molecular weight excluding hydrogens is 449 g/mol. The number of aliphatic imine (C=N–C) groups is 1. The van der Waals surface area contributed by atoms with E-state index in [1.54, 1.807) is 24.3 Å². The van der Waals surface area contributed by atoms with Crippen LogP contribution in [0.15, 0.2) is 40.2 Å². The zero-order chi connectivity index (χ0) is 17.8. The average Bonchev–Trinajstić information content (AvgIpc) is 2.56. The predicted octanol–water partition coefficient (Wildman–Crippen LogP) is 3.60. The van der Waals surface area contributed by atoms with Crippen molar-refractivity contribution in [1.29, 1.82) is 0 Å². The van der Waals surface area contributed by atoms with Crippen molar-refractivity contribution in [3.8, 4) is 0 Å². The van der Waals surface area contributed by atoms with Gasteiger partial charge in [0, 0.05) is 12.6 Å². The van der Waals surface area contributed by atoms with Crippen LogP contribution in [0.4, 0.5) is 0 Å². The molecule has 1 atom stereocenters. The van der Waals surface area contributed by atoms with E-state index in [2.05, 4.69) is 29.5 Å². The number of hydrogen-bond acceptors (Lipinski definition) is 3. The second-order valence-corrected chi connectivity index (χ2v) is 8.04. The van der Waals surface area contributed by atoms with Crippen LogP contribution < -0.4 is 10.6 Å². The molecule has 0 heterocycles. The lowest BCUT2D eigenvalue weighted by molar-refractivity contribution is 0.547. The van der Waals surface area contributed by atoms with Crippen LogP contribution in [0.5, 0.6) is 0 Å². The normalized spacial score (nSPS) is 13.0. The summed E-state index contributed by atoms with van der Waals surface area (Å²) < 4.78 is 24.5. The average molecular weight is 481 g/mol. The minimum absolute atomic E-state index is 0. The first-order chi connectivity index (χ1) is 11.5. The molecule has 0 aliphatic carbocycles. The summed E-state index contributed by atoms with van der Waals surface area (Å²) in [6, 6.07) is 8.85. The molecule has 0 fully saturated rings. The molecule has 7 heteroatoms. The quantitative estimate of drug-likeness (QED) is 0.232. The number of rotatable bonds is 10. The van der Waals surface area contributed by atoms with Crippen LogP contribution >= 0.6 is 24.0 Å². The Hall–Kier alpha value is -0.830. The molecule has 0 amide bonds. The molecule has 0 spiro atoms. The monoisotopic (exact) mass is 481 g/mol. The number of nitrogens with zero attached hydrogens (tertiary/aromatic N) is 1. The molecular formula is C18H32IN3O2S. The summed E-state index contributed by atoms with van der Waals surface area (Å²) in [7, 11) is -3.28. The summed E-state index contributed by atoms with van der Waals surface area (Å²) in [5, 5.41) is 6.52. The zero-order valence-electron chi connectivity index (χ0n) is 15.5. The van der Waals surface area contributed by atoms with Gasteiger partial charge in [-0.2, -0.15) is 0 Å². The van der Waals surface area contributed by atoms with Crippen molar-refractivity contribution in [3.63, 3.8) is 0 Å². The molecule has 0 radical (unpaired) electrons. The van der Waals surface area contributed by atoms with Crippen LogP contribution in [0.2, 0.25) is 0 Å². The number of sulfone groups is 1. The Bertz CT molecular complexity index is 592. The van der Waals surface area contributed by atoms with Gasteiger partial charge in [0.15, 0.2) is 15.8 Å². The van der Waals surface area contributed by atoms with E-state index in [1.165, 1.54) is 19.3 Å². The Morgan fingerprint density at radius 1 is 1.16 bits per heavy atom. The summed E-state index contributed by atoms with van der Waals surface area (Å²) in [6.07, 6.45) is 4.71. The molecule has 1 unspecified atom stereocenters. The fraction of sp³-hybridized carbons (Fsp3) is 0.611. The van der Waals surface area contributed by atoms with Crippen molar-refractivity contribution in [2.24, 2.45) is 4.99 Å². The van der Waals surface area contributed by atoms with Gasteiger partial charge in [0.1, 0.15) is 0 Å². The third-order valence-corrected chi connectivity index (χ3v) is 5.41. The van der Waals surface area contributed by atoms with Crippen molar-refractivity contribution < 1.29 is 8.42 Å². The molecule has 2 N–H and O–H groups in total. The van der Waals surface area contributed by atoms with Gasteiger partial charge in [-0.05, 0) is 32.4 Å². The molecule has 144 valence electrons. The molecule has 0 aromatic heterocycles. The Morgan fingerprint density at radius 2 is 1.84 bits per heavy atom. The summed E-state index contributed by atoms with van der Waals surface area (Å²) in [4.78, 5) is 4.76. The molecule has 0 saturated carbocycles. The van der Waals surface area contributed by atoms with Gasteiger partial charge in [0.05, 0.1) is 17.2 Å². The van der Waals surface area contributed by atoms with Gasteiger partial charge in [-0.15, -0.1) is 24.0 Å². The Balaban J connectivity index is 0.00000576. The van der Waals surface area contributed by atoms with Gasteiger partial charge in [0.25, 0.3) is 0 Å². The smallest absolute Gasteiger partial charge is 0.191 e. The summed E-state index contributed by atoms with van der Waals surface area (Å²) in [5.74, 6) is 0.697. The topological polar surface area (TPSA) is 70.6 Å². The van der Waals surface area contributed by atoms with Crippen molar-refractivity contribution in [1.82, 2.24) is 10.6 Å². The van der Waals surface area contributed by atoms with E-state index in [-0.39, 0.29) is 36.3 Å². The van der Waals surface area contributed by atoms with Crippen LogP contribution in [-0.4, -0.2) is 39.3 Å². The van der Waals surface area contributed by atoms with Gasteiger partial charge < -0.3 is 10.6 Å². The maximum atomic E-state index is 12.3. The van der Waals surface area contributed by atoms with E-state index in [4.69, 9.17) is 0 Å². The lowest BCUT2D eigenvalue weighted by Gasteiger charge is -2.17. The fourth-order valence-electron chi connectivity index (χ4n) is 2.35. The van der Waals surface area contributed by atoms with Gasteiger partial charge in [-0.1, -0.05) is 44.4 Å². The number of hydrogen-bond donors (Lipinski definition) is 2. The molecule has 1 aromatic carbocycles. The Kier molecular flexibility index (Phi) is 12.9. The SMILES string of the molecule is CCCCCC(C)NC(=NCCS(=O)(=O)c1ccccc1)NCC.I. The Labute approximate surface area is 170 Å². The predicted molar refractivity (Wildman–Crippen MR) is 117 cm³/mol. The molecule has 1 aromatic rings. The van der Waals surface area contributed by atoms with Crippen LogP contribution in [0.1, 0.15) is 46.5 Å². The Morgan fingerprint density at radius 3 is 2.44 bits per heavy atom. The highest BCUT2D eigenvalue weighted by Gasteiger charge is 2.13. The van der Waals surface area contributed by atoms with Crippen molar-refractivity contribution in [3.05, 3.63) is 30.3 Å². The van der Waals surface area contributed by atoms with E-state index in [1.807, 2.05) is 13.0 Å². The first kappa shape index (κ1) is 24.2. The highest BCUT2D eigenvalue weighted by Crippen LogP contribution is 2.09. The summed E-state index contributed by atoms with van der Waals surface area (Å²) in [6.45, 7) is 7.31. The molecule has 0 saturated heterocycles. The maximum absolute atomic E-state index is 12.3. The molecule has 0 aliphatic heterocycles. The first-order valence-electron chi connectivity index (χ1n) is 8.82. The van der Waals surface area contributed by atoms with Gasteiger partial charge >= 0.3 is 0 Å². The number of benzene rings is 1. The van der Waals surface area contributed by atoms with Crippen LogP contribution in [0, 0.1) is 0 Å². The van der Waals surface area contributed by atoms with Gasteiger partial charge in [-0.25, -0.2) is 8.42 Å². The lowest BCUT2D eigenvalue weighted by atomic mass is 10.1. The van der Waals surface area contributed by atoms with E-state index in [0.717, 1.165) is 13.0 Å². The van der Waals surface area contributed by atoms with Crippen LogP contribution in [0.25, 0.3) is 0 Å². The fourth-order valence-corrected chi connectivity index (χ4v) is 3.49. The minimum atomic E-state index is -3.28. The first-order valence-corrected chi connectivity index (χ1v) is 10.5. The third kappa shape index (κ3) is 10.0. The molecule has 0 aliphatic rings. The molecule has 5 nitrogen and oxygen atoms in total. The second-order valence-electron chi connectivity index (χ2n) is 5.93. The largest absolute Gasteiger partial charge is 0.357 e. The van der Waals surface area contributed by atoms with Crippen LogP contribution in [-0.2, 0) is 9.84 Å². The number of nitrogens with one attached hydrogen (secondary N) is 2. The molecule has 25 heavy (non-hydrogen) atoms. The lowest BCUT2D eigenvalue weighted by Crippen LogP contribution is -2.42. The third-order valence-electron chi connectivity index (χ3n) is 3.70. The van der Waals surface area contributed by atoms with Crippen molar-refractivity contribution in [2.75, 3.05) is 18.8 Å². The van der Waals surface area contributed by atoms with E-state index < -0.39 is 9.84 Å². The highest BCUT2D eigenvalue weighted by molar-refractivity contribution is 14.0. The maximum Gasteiger partial charge on any atom is 0.191 e. The zero-order valence-corrected chi connectivity index (χ0v) is 18.6. The van der Waals surface area contributed by atoms with E-state index in [0.29, 0.717) is 16.9 Å².